The van der Waals surface area contributed by atoms with E-state index in [0.717, 1.165) is 41.1 Å². The number of nitrogens with one attached hydrogen (secondary N) is 1. The molecule has 1 N–H and O–H groups in total. The minimum Gasteiger partial charge on any atom is -0.352 e. The number of rotatable bonds is 12. The molecule has 0 spiro atoms. The molecule has 5 rings (SSSR count). The largest absolute Gasteiger partial charge is 0.352 e. The second-order valence-corrected chi connectivity index (χ2v) is 14.3. The summed E-state index contributed by atoms with van der Waals surface area (Å²) in [5, 5.41) is 3.95. The fourth-order valence-electron chi connectivity index (χ4n) is 5.71. The molecule has 1 fully saturated rings. The van der Waals surface area contributed by atoms with E-state index in [1.54, 1.807) is 60.7 Å². The van der Waals surface area contributed by atoms with Gasteiger partial charge >= 0.3 is 0 Å². The van der Waals surface area contributed by atoms with Crippen LogP contribution in [0.15, 0.2) is 108 Å². The molecule has 46 heavy (non-hydrogen) atoms. The molecule has 1 atom stereocenters. The van der Waals surface area contributed by atoms with Crippen molar-refractivity contribution in [3.63, 3.8) is 0 Å². The van der Waals surface area contributed by atoms with Gasteiger partial charge in [0.25, 0.3) is 10.0 Å². The summed E-state index contributed by atoms with van der Waals surface area (Å²) >= 11 is 12.8. The molecule has 0 heterocycles. The van der Waals surface area contributed by atoms with Crippen LogP contribution in [0.2, 0.25) is 10.0 Å². The van der Waals surface area contributed by atoms with Crippen molar-refractivity contribution in [2.75, 3.05) is 10.8 Å². The first-order chi connectivity index (χ1) is 22.1. The third-order valence-corrected chi connectivity index (χ3v) is 10.6. The molecule has 2 amide bonds. The lowest BCUT2D eigenvalue weighted by Crippen LogP contribution is -2.54. The van der Waals surface area contributed by atoms with E-state index < -0.39 is 28.5 Å². The Hall–Kier alpha value is -3.85. The number of anilines is 1. The van der Waals surface area contributed by atoms with E-state index in [1.807, 2.05) is 37.3 Å². The van der Waals surface area contributed by atoms with E-state index in [1.165, 1.54) is 17.0 Å². The molecule has 1 unspecified atom stereocenters. The quantitative estimate of drug-likeness (QED) is 0.172. The van der Waals surface area contributed by atoms with Crippen LogP contribution in [-0.2, 0) is 32.6 Å². The van der Waals surface area contributed by atoms with Gasteiger partial charge in [-0.2, -0.15) is 0 Å². The molecule has 1 aliphatic rings. The van der Waals surface area contributed by atoms with Crippen molar-refractivity contribution in [1.82, 2.24) is 10.2 Å². The Morgan fingerprint density at radius 3 is 2.13 bits per heavy atom. The maximum Gasteiger partial charge on any atom is 0.264 e. The van der Waals surface area contributed by atoms with Crippen LogP contribution in [0, 0.1) is 6.92 Å². The number of benzene rings is 4. The topological polar surface area (TPSA) is 86.8 Å². The minimum atomic E-state index is -4.16. The predicted octanol–water partition coefficient (Wildman–Crippen LogP) is 7.20. The monoisotopic (exact) mass is 677 g/mol. The molecule has 1 aliphatic carbocycles. The van der Waals surface area contributed by atoms with Crippen LogP contribution in [0.25, 0.3) is 0 Å². The number of nitrogens with zero attached hydrogens (tertiary/aromatic N) is 2. The molecular formula is C36H37Cl2N3O4S. The first kappa shape index (κ1) is 33.5. The summed E-state index contributed by atoms with van der Waals surface area (Å²) in [7, 11) is -4.16. The van der Waals surface area contributed by atoms with Gasteiger partial charge in [0.1, 0.15) is 12.6 Å². The highest BCUT2D eigenvalue weighted by atomic mass is 35.5. The minimum absolute atomic E-state index is 0.0179. The summed E-state index contributed by atoms with van der Waals surface area (Å²) in [4.78, 5) is 30.2. The molecule has 0 radical (unpaired) electrons. The highest BCUT2D eigenvalue weighted by molar-refractivity contribution is 7.92. The molecule has 0 bridgehead atoms. The Bertz CT molecular complexity index is 1750. The van der Waals surface area contributed by atoms with Gasteiger partial charge in [-0.15, -0.1) is 0 Å². The summed E-state index contributed by atoms with van der Waals surface area (Å²) in [6.07, 6.45) is 4.03. The first-order valence-corrected chi connectivity index (χ1v) is 17.5. The van der Waals surface area contributed by atoms with Crippen LogP contribution >= 0.6 is 23.2 Å². The van der Waals surface area contributed by atoms with Gasteiger partial charge < -0.3 is 10.2 Å². The van der Waals surface area contributed by atoms with Crippen LogP contribution in [-0.4, -0.2) is 43.8 Å². The first-order valence-electron chi connectivity index (χ1n) is 15.3. The lowest BCUT2D eigenvalue weighted by molar-refractivity contribution is -0.140. The zero-order valence-corrected chi connectivity index (χ0v) is 27.9. The highest BCUT2D eigenvalue weighted by Gasteiger charge is 2.35. The van der Waals surface area contributed by atoms with E-state index in [2.05, 4.69) is 5.32 Å². The number of aryl methyl sites for hydroxylation is 1. The third-order valence-electron chi connectivity index (χ3n) is 8.26. The average molecular weight is 679 g/mol. The van der Waals surface area contributed by atoms with Crippen molar-refractivity contribution in [2.45, 2.75) is 62.6 Å². The van der Waals surface area contributed by atoms with Crippen molar-refractivity contribution in [3.05, 3.63) is 130 Å². The maximum absolute atomic E-state index is 14.6. The van der Waals surface area contributed by atoms with Crippen LogP contribution in [0.1, 0.15) is 42.4 Å². The molecular weight excluding hydrogens is 641 g/mol. The summed E-state index contributed by atoms with van der Waals surface area (Å²) < 4.78 is 29.3. The Labute approximate surface area is 281 Å². The number of hydrogen-bond acceptors (Lipinski definition) is 4. The molecule has 0 aliphatic heterocycles. The van der Waals surface area contributed by atoms with Gasteiger partial charge in [0.15, 0.2) is 0 Å². The van der Waals surface area contributed by atoms with Crippen LogP contribution in [0.5, 0.6) is 0 Å². The van der Waals surface area contributed by atoms with Gasteiger partial charge in [0.2, 0.25) is 11.8 Å². The lowest BCUT2D eigenvalue weighted by Gasteiger charge is -2.34. The number of carbonyl (C=O) groups is 2. The molecule has 1 saturated carbocycles. The van der Waals surface area contributed by atoms with E-state index in [4.69, 9.17) is 23.2 Å². The Morgan fingerprint density at radius 2 is 1.50 bits per heavy atom. The summed E-state index contributed by atoms with van der Waals surface area (Å²) in [6, 6.07) is 28.5. The second-order valence-electron chi connectivity index (χ2n) is 11.6. The summed E-state index contributed by atoms with van der Waals surface area (Å²) in [6.45, 7) is 1.34. The van der Waals surface area contributed by atoms with Gasteiger partial charge in [0, 0.05) is 29.1 Å². The molecule has 4 aromatic rings. The zero-order chi connectivity index (χ0) is 32.7. The maximum atomic E-state index is 14.6. The molecule has 7 nitrogen and oxygen atoms in total. The fourth-order valence-corrected chi connectivity index (χ4v) is 7.62. The van der Waals surface area contributed by atoms with Crippen molar-refractivity contribution >= 4 is 50.7 Å². The Balaban J connectivity index is 1.57. The highest BCUT2D eigenvalue weighted by Crippen LogP contribution is 2.28. The van der Waals surface area contributed by atoms with Gasteiger partial charge in [-0.05, 0) is 67.3 Å². The van der Waals surface area contributed by atoms with Crippen LogP contribution in [0.3, 0.4) is 0 Å². The van der Waals surface area contributed by atoms with E-state index >= 15 is 0 Å². The van der Waals surface area contributed by atoms with Gasteiger partial charge in [0.05, 0.1) is 10.6 Å². The van der Waals surface area contributed by atoms with E-state index in [-0.39, 0.29) is 29.8 Å². The average Bonchev–Trinajstić information content (AvgIpc) is 3.57. The number of halogens is 2. The summed E-state index contributed by atoms with van der Waals surface area (Å²) in [5.41, 5.74) is 2.72. The number of hydrogen-bond donors (Lipinski definition) is 1. The standard InChI is InChI=1S/C36H37Cl2N3O4S/c1-26-16-20-31(21-17-26)41(46(44,45)32-14-6-3-7-15-32)25-35(42)40(24-28-18-19-29(37)23-33(28)38)34(22-27-10-4-2-5-11-27)36(43)39-30-12-8-9-13-30/h2-7,10-11,14-21,23,30,34H,8-9,12-13,22,24-25H2,1H3,(H,39,43). The number of amides is 2. The smallest absolute Gasteiger partial charge is 0.264 e. The van der Waals surface area contributed by atoms with Crippen molar-refractivity contribution in [1.29, 1.82) is 0 Å². The normalized spacial score (nSPS) is 14.1. The van der Waals surface area contributed by atoms with E-state index in [0.29, 0.717) is 21.3 Å². The second kappa shape index (κ2) is 15.2. The zero-order valence-electron chi connectivity index (χ0n) is 25.6. The molecule has 4 aromatic carbocycles. The van der Waals surface area contributed by atoms with Crippen molar-refractivity contribution < 1.29 is 18.0 Å². The third kappa shape index (κ3) is 8.29. The number of carbonyl (C=O) groups excluding carboxylic acids is 2. The molecule has 240 valence electrons. The predicted molar refractivity (Wildman–Crippen MR) is 183 cm³/mol. The lowest BCUT2D eigenvalue weighted by atomic mass is 10.0. The molecule has 0 aromatic heterocycles. The van der Waals surface area contributed by atoms with Crippen LogP contribution in [0.4, 0.5) is 5.69 Å². The van der Waals surface area contributed by atoms with E-state index in [9.17, 15) is 18.0 Å². The van der Waals surface area contributed by atoms with Crippen molar-refractivity contribution in [2.24, 2.45) is 0 Å². The Kier molecular flexibility index (Phi) is 11.0. The summed E-state index contributed by atoms with van der Waals surface area (Å²) in [5.74, 6) is -0.837. The Morgan fingerprint density at radius 1 is 0.870 bits per heavy atom. The van der Waals surface area contributed by atoms with Gasteiger partial charge in [-0.25, -0.2) is 8.42 Å². The molecule has 0 saturated heterocycles. The van der Waals surface area contributed by atoms with Crippen LogP contribution < -0.4 is 9.62 Å². The van der Waals surface area contributed by atoms with Gasteiger partial charge in [-0.3, -0.25) is 13.9 Å². The molecule has 10 heteroatoms. The van der Waals surface area contributed by atoms with Gasteiger partial charge in [-0.1, -0.05) is 108 Å². The van der Waals surface area contributed by atoms with Crippen molar-refractivity contribution in [3.8, 4) is 0 Å². The SMILES string of the molecule is Cc1ccc(N(CC(=O)N(Cc2ccc(Cl)cc2Cl)C(Cc2ccccc2)C(=O)NC2CCCC2)S(=O)(=O)c2ccccc2)cc1. The fraction of sp³-hybridized carbons (Fsp3) is 0.278. The number of sulfonamides is 1.